The van der Waals surface area contributed by atoms with E-state index in [-0.39, 0.29) is 18.6 Å². The first kappa shape index (κ1) is 14.5. The lowest BCUT2D eigenvalue weighted by molar-refractivity contribution is -0.137. The summed E-state index contributed by atoms with van der Waals surface area (Å²) in [5.41, 5.74) is -0.0288. The molecule has 2 aliphatic rings. The van der Waals surface area contributed by atoms with Crippen molar-refractivity contribution < 1.29 is 24.0 Å². The lowest BCUT2D eigenvalue weighted by Crippen LogP contribution is -2.50. The van der Waals surface area contributed by atoms with Crippen molar-refractivity contribution in [2.24, 2.45) is 0 Å². The van der Waals surface area contributed by atoms with E-state index < -0.39 is 17.4 Å². The maximum absolute atomic E-state index is 12.9. The zero-order chi connectivity index (χ0) is 15.7. The second-order valence-corrected chi connectivity index (χ2v) is 5.24. The first-order chi connectivity index (χ1) is 10.6. The molecule has 1 amide bonds. The number of amides is 1. The molecule has 6 heteroatoms. The molecule has 2 atom stereocenters. The maximum Gasteiger partial charge on any atom is 0.265 e. The normalized spacial score (nSPS) is 26.8. The number of benzene rings is 1. The Labute approximate surface area is 127 Å². The van der Waals surface area contributed by atoms with E-state index in [1.807, 2.05) is 0 Å². The standard InChI is InChI=1S/C16H15NO5/c1-21-17-13-5-3-2-4-12(13)16(7-8-18,15(17)20)14-10-11(19)6-9-22-14/h2-6,8-9,14H,7,10H2,1H3/t14-,16-/m1/s1. The number of carbonyl (C=O) groups excluding carboxylic acids is 3. The van der Waals surface area contributed by atoms with Gasteiger partial charge in [0.1, 0.15) is 17.8 Å². The van der Waals surface area contributed by atoms with Gasteiger partial charge in [-0.1, -0.05) is 18.2 Å². The van der Waals surface area contributed by atoms with Gasteiger partial charge in [0, 0.05) is 18.9 Å². The van der Waals surface area contributed by atoms with E-state index >= 15 is 0 Å². The number of ether oxygens (including phenoxy) is 1. The van der Waals surface area contributed by atoms with Gasteiger partial charge in [-0.2, -0.15) is 5.06 Å². The van der Waals surface area contributed by atoms with E-state index in [4.69, 9.17) is 9.57 Å². The van der Waals surface area contributed by atoms with Crippen LogP contribution in [0.5, 0.6) is 0 Å². The highest BCUT2D eigenvalue weighted by molar-refractivity contribution is 6.09. The first-order valence-electron chi connectivity index (χ1n) is 6.92. The van der Waals surface area contributed by atoms with Crippen LogP contribution in [0.2, 0.25) is 0 Å². The van der Waals surface area contributed by atoms with Crippen molar-refractivity contribution in [3.8, 4) is 0 Å². The number of hydrogen-bond acceptors (Lipinski definition) is 5. The van der Waals surface area contributed by atoms with Gasteiger partial charge in [-0.05, 0) is 11.6 Å². The van der Waals surface area contributed by atoms with Crippen LogP contribution in [-0.4, -0.2) is 31.2 Å². The van der Waals surface area contributed by atoms with E-state index in [9.17, 15) is 14.4 Å². The smallest absolute Gasteiger partial charge is 0.265 e. The van der Waals surface area contributed by atoms with E-state index in [2.05, 4.69) is 0 Å². The molecule has 0 spiro atoms. The van der Waals surface area contributed by atoms with Crippen molar-refractivity contribution in [1.82, 2.24) is 0 Å². The van der Waals surface area contributed by atoms with Gasteiger partial charge in [0.15, 0.2) is 5.78 Å². The number of para-hydroxylation sites is 1. The molecule has 6 nitrogen and oxygen atoms in total. The Kier molecular flexibility index (Phi) is 3.54. The summed E-state index contributed by atoms with van der Waals surface area (Å²) in [6.45, 7) is 0. The highest BCUT2D eigenvalue weighted by Crippen LogP contribution is 2.48. The maximum atomic E-state index is 12.9. The molecule has 0 saturated heterocycles. The van der Waals surface area contributed by atoms with Gasteiger partial charge < -0.3 is 9.53 Å². The predicted molar refractivity (Wildman–Crippen MR) is 76.9 cm³/mol. The van der Waals surface area contributed by atoms with Crippen LogP contribution in [-0.2, 0) is 29.4 Å². The average Bonchev–Trinajstić information content (AvgIpc) is 2.77. The number of carbonyl (C=O) groups is 3. The van der Waals surface area contributed by atoms with Crippen LogP contribution >= 0.6 is 0 Å². The number of rotatable bonds is 4. The fraction of sp³-hybridized carbons (Fsp3) is 0.312. The van der Waals surface area contributed by atoms with Crippen LogP contribution in [0.25, 0.3) is 0 Å². The highest BCUT2D eigenvalue weighted by Gasteiger charge is 2.57. The Bertz CT molecular complexity index is 668. The van der Waals surface area contributed by atoms with Crippen LogP contribution in [0.4, 0.5) is 5.69 Å². The van der Waals surface area contributed by atoms with Gasteiger partial charge in [0.25, 0.3) is 5.91 Å². The Morgan fingerprint density at radius 2 is 2.18 bits per heavy atom. The van der Waals surface area contributed by atoms with Gasteiger partial charge in [0.05, 0.1) is 19.1 Å². The fourth-order valence-electron chi connectivity index (χ4n) is 3.19. The summed E-state index contributed by atoms with van der Waals surface area (Å²) in [5, 5.41) is 1.16. The minimum absolute atomic E-state index is 0.0436. The number of nitrogens with zero attached hydrogens (tertiary/aromatic N) is 1. The quantitative estimate of drug-likeness (QED) is 0.784. The molecule has 114 valence electrons. The van der Waals surface area contributed by atoms with E-state index in [1.54, 1.807) is 24.3 Å². The highest BCUT2D eigenvalue weighted by atomic mass is 16.7. The lowest BCUT2D eigenvalue weighted by Gasteiger charge is -2.35. The molecule has 0 N–H and O–H groups in total. The zero-order valence-corrected chi connectivity index (χ0v) is 12.0. The third-order valence-corrected chi connectivity index (χ3v) is 4.19. The van der Waals surface area contributed by atoms with Crippen LogP contribution < -0.4 is 5.06 Å². The summed E-state index contributed by atoms with van der Waals surface area (Å²) >= 11 is 0. The molecule has 0 aliphatic carbocycles. The second kappa shape index (κ2) is 5.38. The fourth-order valence-corrected chi connectivity index (χ4v) is 3.19. The second-order valence-electron chi connectivity index (χ2n) is 5.24. The molecule has 0 aromatic heterocycles. The van der Waals surface area contributed by atoms with Gasteiger partial charge in [0.2, 0.25) is 0 Å². The number of allylic oxidation sites excluding steroid dienone is 1. The number of hydroxylamine groups is 1. The minimum atomic E-state index is -1.24. The topological polar surface area (TPSA) is 72.9 Å². The Balaban J connectivity index is 2.18. The number of anilines is 1. The van der Waals surface area contributed by atoms with Crippen LogP contribution in [0.3, 0.4) is 0 Å². The predicted octanol–water partition coefficient (Wildman–Crippen LogP) is 1.29. The molecule has 0 unspecified atom stereocenters. The van der Waals surface area contributed by atoms with Crippen molar-refractivity contribution in [2.75, 3.05) is 12.2 Å². The number of aldehydes is 1. The molecule has 0 bridgehead atoms. The summed E-state index contributed by atoms with van der Waals surface area (Å²) in [5.74, 6) is -0.529. The van der Waals surface area contributed by atoms with Crippen molar-refractivity contribution in [3.05, 3.63) is 42.2 Å². The Hall–Kier alpha value is -2.47. The monoisotopic (exact) mass is 301 g/mol. The molecule has 1 aromatic carbocycles. The Morgan fingerprint density at radius 3 is 2.86 bits per heavy atom. The van der Waals surface area contributed by atoms with Gasteiger partial charge >= 0.3 is 0 Å². The SMILES string of the molecule is CON1C(=O)[C@@](CC=O)([C@H]2CC(=O)C=CO2)c2ccccc21. The Morgan fingerprint density at radius 1 is 1.41 bits per heavy atom. The lowest BCUT2D eigenvalue weighted by atomic mass is 9.72. The molecule has 1 aromatic rings. The molecule has 3 rings (SSSR count). The summed E-state index contributed by atoms with van der Waals surface area (Å²) in [6, 6.07) is 7.07. The molecule has 0 fully saturated rings. The number of ketones is 1. The summed E-state index contributed by atoms with van der Waals surface area (Å²) in [7, 11) is 1.39. The van der Waals surface area contributed by atoms with Crippen molar-refractivity contribution in [3.63, 3.8) is 0 Å². The third kappa shape index (κ3) is 1.88. The van der Waals surface area contributed by atoms with Crippen molar-refractivity contribution in [2.45, 2.75) is 24.4 Å². The summed E-state index contributed by atoms with van der Waals surface area (Å²) < 4.78 is 5.54. The molecule has 22 heavy (non-hydrogen) atoms. The average molecular weight is 301 g/mol. The third-order valence-electron chi connectivity index (χ3n) is 4.19. The van der Waals surface area contributed by atoms with Gasteiger partial charge in [-0.25, -0.2) is 0 Å². The van der Waals surface area contributed by atoms with Gasteiger partial charge in [-0.3, -0.25) is 14.4 Å². The summed E-state index contributed by atoms with van der Waals surface area (Å²) in [6.07, 6.45) is 2.53. The van der Waals surface area contributed by atoms with E-state index in [1.165, 1.54) is 19.4 Å². The van der Waals surface area contributed by atoms with Crippen molar-refractivity contribution >= 4 is 23.7 Å². The van der Waals surface area contributed by atoms with Crippen LogP contribution in [0.1, 0.15) is 18.4 Å². The van der Waals surface area contributed by atoms with Gasteiger partial charge in [-0.15, -0.1) is 0 Å². The summed E-state index contributed by atoms with van der Waals surface area (Å²) in [4.78, 5) is 41.1. The van der Waals surface area contributed by atoms with Crippen LogP contribution in [0, 0.1) is 0 Å². The molecule has 2 aliphatic heterocycles. The largest absolute Gasteiger partial charge is 0.496 e. The van der Waals surface area contributed by atoms with Crippen molar-refractivity contribution in [1.29, 1.82) is 0 Å². The first-order valence-corrected chi connectivity index (χ1v) is 6.92. The minimum Gasteiger partial charge on any atom is -0.496 e. The van der Waals surface area contributed by atoms with Crippen LogP contribution in [0.15, 0.2) is 36.6 Å². The van der Waals surface area contributed by atoms with E-state index in [0.717, 1.165) is 5.06 Å². The molecular formula is C16H15NO5. The molecule has 0 radical (unpaired) electrons. The zero-order valence-electron chi connectivity index (χ0n) is 12.0. The number of hydrogen-bond donors (Lipinski definition) is 0. The molecular weight excluding hydrogens is 286 g/mol. The molecule has 2 heterocycles. The van der Waals surface area contributed by atoms with E-state index in [0.29, 0.717) is 17.5 Å². The molecule has 0 saturated carbocycles. The number of fused-ring (bicyclic) bond motifs is 1.